The molecule has 0 N–H and O–H groups in total. The quantitative estimate of drug-likeness (QED) is 0.347. The first-order chi connectivity index (χ1) is 11.3. The van der Waals surface area contributed by atoms with Crippen LogP contribution in [0.4, 0.5) is 0 Å². The molecule has 2 unspecified atom stereocenters. The Morgan fingerprint density at radius 3 is 1.12 bits per heavy atom. The number of hydrogen-bond acceptors (Lipinski definition) is 0. The minimum absolute atomic E-state index is 0. The molecule has 0 aromatic rings. The minimum Gasteiger partial charge on any atom is -0.124 e. The van der Waals surface area contributed by atoms with Crippen molar-refractivity contribution in [2.45, 2.75) is 124 Å². The molecule has 0 bridgehead atoms. The van der Waals surface area contributed by atoms with Crippen molar-refractivity contribution in [2.24, 2.45) is 17.3 Å². The summed E-state index contributed by atoms with van der Waals surface area (Å²) < 4.78 is 0. The van der Waals surface area contributed by atoms with Gasteiger partial charge in [-0.15, -0.1) is 19.4 Å². The third-order valence-electron chi connectivity index (χ3n) is 2.55. The van der Waals surface area contributed by atoms with Gasteiger partial charge in [0.1, 0.15) is 0 Å². The summed E-state index contributed by atoms with van der Waals surface area (Å²) in [4.78, 5) is 0. The Balaban J connectivity index is -0.0000000290. The first kappa shape index (κ1) is 49.7. The van der Waals surface area contributed by atoms with E-state index in [2.05, 4.69) is 61.0 Å². The second-order valence-corrected chi connectivity index (χ2v) is 5.54. The largest absolute Gasteiger partial charge is 0.124 e. The van der Waals surface area contributed by atoms with Gasteiger partial charge in [-0.05, 0) is 30.6 Å². The van der Waals surface area contributed by atoms with E-state index in [0.29, 0.717) is 5.41 Å². The zero-order valence-electron chi connectivity index (χ0n) is 20.5. The molecule has 0 fully saturated rings. The Morgan fingerprint density at radius 2 is 1.00 bits per heavy atom. The molecule has 0 aliphatic carbocycles. The molecule has 0 heterocycles. The molecule has 0 saturated carbocycles. The van der Waals surface area contributed by atoms with E-state index in [1.165, 1.54) is 12.8 Å². The maximum Gasteiger partial charge on any atom is -0.0380 e. The second-order valence-electron chi connectivity index (χ2n) is 5.54. The molecule has 0 radical (unpaired) electrons. The van der Waals surface area contributed by atoms with Crippen molar-refractivity contribution in [3.05, 3.63) is 12.7 Å². The summed E-state index contributed by atoms with van der Waals surface area (Å²) in [5, 5.41) is 0. The van der Waals surface area contributed by atoms with Crippen LogP contribution < -0.4 is 0 Å². The summed E-state index contributed by atoms with van der Waals surface area (Å²) in [6.07, 6.45) is 12.4. The maximum absolute atomic E-state index is 4.00. The SMILES string of the molecule is C.C#C.C=CC.CC.CC.CC.CC.CCC(C)C(C)CC(C)(C)C. The standard InChI is InChI=1S/C11H24.C3H6.4C2H6.C2H2.CH4/c1-7-9(2)10(3)8-11(4,5)6;1-3-2;5*1-2;/h9-10H,7-8H2,1-6H3;3H,1H2,2H3;4*1-2H3;1-2H;1H4. The van der Waals surface area contributed by atoms with Gasteiger partial charge in [-0.25, -0.2) is 0 Å². The Hall–Kier alpha value is -0.700. The van der Waals surface area contributed by atoms with E-state index in [0.717, 1.165) is 11.8 Å². The topological polar surface area (TPSA) is 0 Å². The normalized spacial score (nSPS) is 9.48. The monoisotopic (exact) mass is 360 g/mol. The lowest BCUT2D eigenvalue weighted by atomic mass is 9.79. The van der Waals surface area contributed by atoms with Crippen LogP contribution in [0.3, 0.4) is 0 Å². The molecule has 25 heavy (non-hydrogen) atoms. The fourth-order valence-corrected chi connectivity index (χ4v) is 1.57. The van der Waals surface area contributed by atoms with E-state index >= 15 is 0 Å². The van der Waals surface area contributed by atoms with E-state index in [4.69, 9.17) is 0 Å². The average Bonchev–Trinajstić information content (AvgIpc) is 2.62. The van der Waals surface area contributed by atoms with Crippen LogP contribution in [0.25, 0.3) is 0 Å². The predicted molar refractivity (Wildman–Crippen MR) is 131 cm³/mol. The van der Waals surface area contributed by atoms with Crippen LogP contribution in [0.15, 0.2) is 12.7 Å². The van der Waals surface area contributed by atoms with Gasteiger partial charge < -0.3 is 0 Å². The molecule has 2 atom stereocenters. The lowest BCUT2D eigenvalue weighted by Crippen LogP contribution is -2.16. The minimum atomic E-state index is 0. The molecule has 0 saturated heterocycles. The molecule has 0 aliphatic rings. The summed E-state index contributed by atoms with van der Waals surface area (Å²) in [5.74, 6) is 1.76. The maximum atomic E-state index is 4.00. The van der Waals surface area contributed by atoms with E-state index in [1.54, 1.807) is 6.08 Å². The molecule has 0 spiro atoms. The molecule has 160 valence electrons. The second kappa shape index (κ2) is 56.7. The highest BCUT2D eigenvalue weighted by molar-refractivity contribution is 4.69. The van der Waals surface area contributed by atoms with E-state index in [1.807, 2.05) is 62.3 Å². The van der Waals surface area contributed by atoms with Crippen molar-refractivity contribution in [1.82, 2.24) is 0 Å². The third-order valence-corrected chi connectivity index (χ3v) is 2.55. The summed E-state index contributed by atoms with van der Waals surface area (Å²) in [7, 11) is 0. The average molecular weight is 361 g/mol. The van der Waals surface area contributed by atoms with Gasteiger partial charge in [-0.3, -0.25) is 0 Å². The lowest BCUT2D eigenvalue weighted by Gasteiger charge is -2.26. The van der Waals surface area contributed by atoms with Crippen LogP contribution in [0, 0.1) is 30.1 Å². The molecule has 0 aliphatic heterocycles. The highest BCUT2D eigenvalue weighted by Crippen LogP contribution is 2.29. The lowest BCUT2D eigenvalue weighted by molar-refractivity contribution is 0.245. The number of terminal acetylenes is 1. The summed E-state index contributed by atoms with van der Waals surface area (Å²) in [5.41, 5.74) is 0.503. The van der Waals surface area contributed by atoms with Crippen molar-refractivity contribution in [2.75, 3.05) is 0 Å². The van der Waals surface area contributed by atoms with Crippen molar-refractivity contribution >= 4 is 0 Å². The van der Waals surface area contributed by atoms with Gasteiger partial charge in [0.15, 0.2) is 0 Å². The number of hydrogen-bond donors (Lipinski definition) is 0. The van der Waals surface area contributed by atoms with Gasteiger partial charge in [0.25, 0.3) is 0 Å². The number of allylic oxidation sites excluding steroid dienone is 1. The molecular formula is C25H60. The van der Waals surface area contributed by atoms with Crippen molar-refractivity contribution in [3.8, 4) is 12.8 Å². The molecule has 0 nitrogen and oxygen atoms in total. The molecular weight excluding hydrogens is 300 g/mol. The highest BCUT2D eigenvalue weighted by atomic mass is 14.2. The first-order valence-corrected chi connectivity index (χ1v) is 10.2. The van der Waals surface area contributed by atoms with Crippen molar-refractivity contribution < 1.29 is 0 Å². The van der Waals surface area contributed by atoms with Gasteiger partial charge in [0, 0.05) is 0 Å². The van der Waals surface area contributed by atoms with Gasteiger partial charge in [-0.2, -0.15) is 0 Å². The van der Waals surface area contributed by atoms with Crippen LogP contribution in [-0.2, 0) is 0 Å². The van der Waals surface area contributed by atoms with Crippen LogP contribution in [0.1, 0.15) is 124 Å². The van der Waals surface area contributed by atoms with Crippen LogP contribution >= 0.6 is 0 Å². The van der Waals surface area contributed by atoms with Gasteiger partial charge >= 0.3 is 0 Å². The van der Waals surface area contributed by atoms with Crippen LogP contribution in [-0.4, -0.2) is 0 Å². The van der Waals surface area contributed by atoms with E-state index < -0.39 is 0 Å². The van der Waals surface area contributed by atoms with Crippen LogP contribution in [0.5, 0.6) is 0 Å². The van der Waals surface area contributed by atoms with E-state index in [-0.39, 0.29) is 7.43 Å². The summed E-state index contributed by atoms with van der Waals surface area (Å²) in [6, 6.07) is 0. The highest BCUT2D eigenvalue weighted by Gasteiger charge is 2.18. The van der Waals surface area contributed by atoms with Gasteiger partial charge in [-0.1, -0.05) is 117 Å². The summed E-state index contributed by atoms with van der Waals surface area (Å²) in [6.45, 7) is 35.2. The number of rotatable bonds is 3. The van der Waals surface area contributed by atoms with Gasteiger partial charge in [0.05, 0.1) is 0 Å². The molecule has 0 aromatic carbocycles. The first-order valence-electron chi connectivity index (χ1n) is 10.2. The fourth-order valence-electron chi connectivity index (χ4n) is 1.57. The smallest absolute Gasteiger partial charge is 0.0380 e. The Bertz CT molecular complexity index is 157. The fraction of sp³-hybridized carbons (Fsp3) is 0.840. The summed E-state index contributed by atoms with van der Waals surface area (Å²) >= 11 is 0. The molecule has 0 heteroatoms. The molecule has 0 rings (SSSR count). The Kier molecular flexibility index (Phi) is 113. The predicted octanol–water partition coefficient (Wildman–Crippen LogP) is 10.3. The Labute approximate surface area is 167 Å². The third kappa shape index (κ3) is 99.6. The van der Waals surface area contributed by atoms with Crippen molar-refractivity contribution in [3.63, 3.8) is 0 Å². The van der Waals surface area contributed by atoms with Crippen LogP contribution in [0.2, 0.25) is 0 Å². The zero-order chi connectivity index (χ0) is 21.8. The van der Waals surface area contributed by atoms with Gasteiger partial charge in [0.2, 0.25) is 0 Å². The molecule has 0 aromatic heterocycles. The van der Waals surface area contributed by atoms with E-state index in [9.17, 15) is 0 Å². The Morgan fingerprint density at radius 1 is 0.800 bits per heavy atom. The van der Waals surface area contributed by atoms with Crippen molar-refractivity contribution in [1.29, 1.82) is 0 Å². The zero-order valence-corrected chi connectivity index (χ0v) is 20.5. The molecule has 0 amide bonds.